The predicted molar refractivity (Wildman–Crippen MR) is 192 cm³/mol. The molecule has 0 saturated heterocycles. The number of rotatable bonds is 14. The first kappa shape index (κ1) is 32.0. The molecule has 6 rings (SSSR count). The number of carbonyl (C=O) groups is 2. The molecule has 238 valence electrons. The minimum atomic E-state index is -0.885. The van der Waals surface area contributed by atoms with Crippen LogP contribution < -0.4 is 10.6 Å². The van der Waals surface area contributed by atoms with E-state index in [1.54, 1.807) is 11.8 Å². The van der Waals surface area contributed by atoms with Crippen LogP contribution in [0.3, 0.4) is 0 Å². The van der Waals surface area contributed by atoms with Crippen molar-refractivity contribution in [2.45, 2.75) is 29.7 Å². The Hall–Kier alpha value is -5.01. The molecule has 0 bridgehead atoms. The molecule has 0 radical (unpaired) electrons. The SMILES string of the molecule is O=C(O)CC1(SCCCN(CC(c2ccccc2)c2ccccc2)C(=O)C(c2ccccc2)c2ccccc2)Nc2ccccc2N1. The number of thioether (sulfide) groups is 1. The number of para-hydroxylation sites is 2. The molecule has 47 heavy (non-hydrogen) atoms. The van der Waals surface area contributed by atoms with Crippen molar-refractivity contribution in [3.05, 3.63) is 168 Å². The minimum absolute atomic E-state index is 0.0211. The average Bonchev–Trinajstić information content (AvgIpc) is 3.47. The van der Waals surface area contributed by atoms with Crippen molar-refractivity contribution in [1.29, 1.82) is 0 Å². The van der Waals surface area contributed by atoms with Gasteiger partial charge in [0, 0.05) is 19.0 Å². The fourth-order valence-corrected chi connectivity index (χ4v) is 7.54. The molecule has 0 saturated carbocycles. The highest BCUT2D eigenvalue weighted by molar-refractivity contribution is 8.00. The first-order valence-electron chi connectivity index (χ1n) is 16.0. The second kappa shape index (κ2) is 15.1. The summed E-state index contributed by atoms with van der Waals surface area (Å²) in [5, 5.41) is 16.6. The van der Waals surface area contributed by atoms with E-state index in [-0.39, 0.29) is 18.2 Å². The zero-order valence-electron chi connectivity index (χ0n) is 26.2. The van der Waals surface area contributed by atoms with E-state index in [9.17, 15) is 14.7 Å². The molecule has 5 aromatic rings. The van der Waals surface area contributed by atoms with E-state index in [2.05, 4.69) is 34.9 Å². The van der Waals surface area contributed by atoms with Crippen LogP contribution in [-0.2, 0) is 9.59 Å². The number of carbonyl (C=O) groups excluding carboxylic acids is 1. The first-order valence-corrected chi connectivity index (χ1v) is 17.0. The number of fused-ring (bicyclic) bond motifs is 1. The van der Waals surface area contributed by atoms with Crippen molar-refractivity contribution in [3.8, 4) is 0 Å². The number of benzene rings is 5. The van der Waals surface area contributed by atoms with Crippen molar-refractivity contribution >= 4 is 35.0 Å². The van der Waals surface area contributed by atoms with Crippen LogP contribution in [-0.4, -0.2) is 45.7 Å². The first-order chi connectivity index (χ1) is 23.0. The Kier molecular flexibility index (Phi) is 10.2. The Morgan fingerprint density at radius 1 is 0.638 bits per heavy atom. The monoisotopic (exact) mass is 641 g/mol. The summed E-state index contributed by atoms with van der Waals surface area (Å²) in [5.41, 5.74) is 5.99. The Morgan fingerprint density at radius 3 is 1.51 bits per heavy atom. The molecule has 1 amide bonds. The van der Waals surface area contributed by atoms with Gasteiger partial charge in [0.15, 0.2) is 4.99 Å². The van der Waals surface area contributed by atoms with Crippen LogP contribution in [0.25, 0.3) is 0 Å². The molecule has 6 nitrogen and oxygen atoms in total. The Morgan fingerprint density at radius 2 is 1.06 bits per heavy atom. The third kappa shape index (κ3) is 7.87. The zero-order chi connectivity index (χ0) is 32.5. The molecule has 0 fully saturated rings. The maximum Gasteiger partial charge on any atom is 0.308 e. The van der Waals surface area contributed by atoms with Crippen LogP contribution in [0.2, 0.25) is 0 Å². The summed E-state index contributed by atoms with van der Waals surface area (Å²) in [7, 11) is 0. The van der Waals surface area contributed by atoms with Crippen molar-refractivity contribution in [2.75, 3.05) is 29.5 Å². The van der Waals surface area contributed by atoms with Gasteiger partial charge in [0.05, 0.1) is 23.7 Å². The van der Waals surface area contributed by atoms with Crippen molar-refractivity contribution in [2.24, 2.45) is 0 Å². The summed E-state index contributed by atoms with van der Waals surface area (Å²) < 4.78 is 0. The van der Waals surface area contributed by atoms with Crippen LogP contribution in [0.15, 0.2) is 146 Å². The van der Waals surface area contributed by atoms with Crippen molar-refractivity contribution in [1.82, 2.24) is 4.90 Å². The van der Waals surface area contributed by atoms with Gasteiger partial charge in [-0.3, -0.25) is 9.59 Å². The second-order valence-electron chi connectivity index (χ2n) is 11.8. The lowest BCUT2D eigenvalue weighted by molar-refractivity contribution is -0.137. The number of anilines is 2. The largest absolute Gasteiger partial charge is 0.481 e. The maximum atomic E-state index is 14.9. The van der Waals surface area contributed by atoms with E-state index in [4.69, 9.17) is 0 Å². The summed E-state index contributed by atoms with van der Waals surface area (Å²) in [6, 6.07) is 48.5. The minimum Gasteiger partial charge on any atom is -0.481 e. The van der Waals surface area contributed by atoms with E-state index in [1.807, 2.05) is 126 Å². The molecule has 0 spiro atoms. The van der Waals surface area contributed by atoms with Crippen LogP contribution in [0.5, 0.6) is 0 Å². The zero-order valence-corrected chi connectivity index (χ0v) is 27.0. The van der Waals surface area contributed by atoms with Gasteiger partial charge in [-0.2, -0.15) is 0 Å². The lowest BCUT2D eigenvalue weighted by Crippen LogP contribution is -2.42. The number of aliphatic carboxylic acids is 1. The highest BCUT2D eigenvalue weighted by Crippen LogP contribution is 2.42. The Labute approximate surface area is 280 Å². The molecular weight excluding hydrogens is 603 g/mol. The smallest absolute Gasteiger partial charge is 0.308 e. The molecule has 0 aliphatic carbocycles. The molecule has 0 atom stereocenters. The highest BCUT2D eigenvalue weighted by atomic mass is 32.2. The van der Waals surface area contributed by atoms with E-state index < -0.39 is 16.9 Å². The van der Waals surface area contributed by atoms with Gasteiger partial charge in [0.1, 0.15) is 0 Å². The molecule has 1 aliphatic heterocycles. The normalized spacial score (nSPS) is 13.1. The second-order valence-corrected chi connectivity index (χ2v) is 13.2. The standard InChI is InChI=1S/C40H39N3O3S/c44-37(45)28-40(41-35-24-13-14-25-36(35)42-40)47-27-15-26-43(29-34(30-16-5-1-6-17-30)31-18-7-2-8-19-31)39(46)38(32-20-9-3-10-21-32)33-22-11-4-12-23-33/h1-14,16-25,34,38,41-42H,15,26-29H2,(H,44,45). The molecule has 7 heteroatoms. The van der Waals surface area contributed by atoms with Crippen LogP contribution in [0.1, 0.15) is 46.9 Å². The molecule has 3 N–H and O–H groups in total. The van der Waals surface area contributed by atoms with Gasteiger partial charge >= 0.3 is 5.97 Å². The quantitative estimate of drug-likeness (QED) is 0.106. The van der Waals surface area contributed by atoms with Gasteiger partial charge in [0.2, 0.25) is 5.91 Å². The molecule has 0 aromatic heterocycles. The number of carboxylic acid groups (broad SMARTS) is 1. The van der Waals surface area contributed by atoms with Gasteiger partial charge in [-0.1, -0.05) is 133 Å². The molecule has 1 heterocycles. The highest BCUT2D eigenvalue weighted by Gasteiger charge is 2.39. The molecule has 5 aromatic carbocycles. The van der Waals surface area contributed by atoms with Gasteiger partial charge < -0.3 is 20.6 Å². The molecule has 0 unspecified atom stereocenters. The van der Waals surface area contributed by atoms with Gasteiger partial charge in [-0.15, -0.1) is 11.8 Å². The van der Waals surface area contributed by atoms with Crippen molar-refractivity contribution < 1.29 is 14.7 Å². The van der Waals surface area contributed by atoms with Crippen molar-refractivity contribution in [3.63, 3.8) is 0 Å². The van der Waals surface area contributed by atoms with Gasteiger partial charge in [0.25, 0.3) is 0 Å². The summed E-state index contributed by atoms with van der Waals surface area (Å²) in [6.07, 6.45) is 0.591. The van der Waals surface area contributed by atoms with E-state index in [0.717, 1.165) is 33.6 Å². The fourth-order valence-electron chi connectivity index (χ4n) is 6.33. The van der Waals surface area contributed by atoms with E-state index >= 15 is 0 Å². The third-order valence-corrected chi connectivity index (χ3v) is 9.89. The number of hydrogen-bond acceptors (Lipinski definition) is 5. The number of nitrogens with one attached hydrogen (secondary N) is 2. The lowest BCUT2D eigenvalue weighted by Gasteiger charge is -2.33. The predicted octanol–water partition coefficient (Wildman–Crippen LogP) is 8.27. The van der Waals surface area contributed by atoms with Crippen LogP contribution in [0, 0.1) is 0 Å². The Balaban J connectivity index is 1.28. The number of hydrogen-bond donors (Lipinski definition) is 3. The maximum absolute atomic E-state index is 14.9. The molecule has 1 aliphatic rings. The molecular formula is C40H39N3O3S. The van der Waals surface area contributed by atoms with E-state index in [1.165, 1.54) is 0 Å². The average molecular weight is 642 g/mol. The lowest BCUT2D eigenvalue weighted by atomic mass is 9.87. The summed E-state index contributed by atoms with van der Waals surface area (Å²) >= 11 is 1.54. The van der Waals surface area contributed by atoms with Crippen LogP contribution in [0.4, 0.5) is 11.4 Å². The van der Waals surface area contributed by atoms with Crippen LogP contribution >= 0.6 is 11.8 Å². The Bertz CT molecular complexity index is 1650. The fraction of sp³-hybridized carbons (Fsp3) is 0.200. The van der Waals surface area contributed by atoms with Gasteiger partial charge in [-0.25, -0.2) is 0 Å². The summed E-state index contributed by atoms with van der Waals surface area (Å²) in [5.74, 6) is -0.665. The topological polar surface area (TPSA) is 81.7 Å². The summed E-state index contributed by atoms with van der Waals surface area (Å²) in [4.78, 5) is 28.0. The summed E-state index contributed by atoms with van der Waals surface area (Å²) in [6.45, 7) is 1.03. The third-order valence-electron chi connectivity index (χ3n) is 8.55. The van der Waals surface area contributed by atoms with Gasteiger partial charge in [-0.05, 0) is 46.6 Å². The number of amides is 1. The number of nitrogens with zero attached hydrogens (tertiary/aromatic N) is 1. The van der Waals surface area contributed by atoms with E-state index in [0.29, 0.717) is 25.3 Å². The number of carboxylic acids is 1.